The summed E-state index contributed by atoms with van der Waals surface area (Å²) in [5.41, 5.74) is 2.15. The zero-order chi connectivity index (χ0) is 22.9. The van der Waals surface area contributed by atoms with Crippen molar-refractivity contribution in [1.29, 1.82) is 0 Å². The Morgan fingerprint density at radius 2 is 2.03 bits per heavy atom. The van der Waals surface area contributed by atoms with Gasteiger partial charge in [-0.15, -0.1) is 11.3 Å². The highest BCUT2D eigenvalue weighted by molar-refractivity contribution is 7.14. The number of hydrogen-bond donors (Lipinski definition) is 3. The van der Waals surface area contributed by atoms with E-state index in [0.29, 0.717) is 28.3 Å². The summed E-state index contributed by atoms with van der Waals surface area (Å²) in [5, 5.41) is 11.6. The van der Waals surface area contributed by atoms with Crippen LogP contribution in [0.3, 0.4) is 0 Å². The van der Waals surface area contributed by atoms with E-state index in [1.807, 2.05) is 0 Å². The number of halogens is 3. The van der Waals surface area contributed by atoms with Gasteiger partial charge in [0.1, 0.15) is 0 Å². The van der Waals surface area contributed by atoms with Crippen LogP contribution in [0, 0.1) is 5.92 Å². The first kappa shape index (κ1) is 22.2. The molecule has 1 saturated heterocycles. The van der Waals surface area contributed by atoms with E-state index < -0.39 is 35.8 Å². The Morgan fingerprint density at radius 3 is 2.78 bits per heavy atom. The fourth-order valence-electron chi connectivity index (χ4n) is 3.68. The summed E-state index contributed by atoms with van der Waals surface area (Å²) < 4.78 is 46.9. The van der Waals surface area contributed by atoms with E-state index in [-0.39, 0.29) is 18.7 Å². The van der Waals surface area contributed by atoms with Gasteiger partial charge in [0, 0.05) is 17.5 Å². The summed E-state index contributed by atoms with van der Waals surface area (Å²) in [6.07, 6.45) is -4.24. The van der Waals surface area contributed by atoms with Gasteiger partial charge in [-0.25, -0.2) is 10.5 Å². The van der Waals surface area contributed by atoms with Gasteiger partial charge < -0.3 is 14.6 Å². The average molecular weight is 468 g/mol. The van der Waals surface area contributed by atoms with E-state index in [1.54, 1.807) is 29.7 Å². The Labute approximate surface area is 184 Å². The van der Waals surface area contributed by atoms with E-state index in [0.717, 1.165) is 15.9 Å². The van der Waals surface area contributed by atoms with Crippen molar-refractivity contribution >= 4 is 34.2 Å². The molecule has 0 aliphatic carbocycles. The van der Waals surface area contributed by atoms with Crippen LogP contribution in [0.5, 0.6) is 0 Å². The topological polar surface area (TPSA) is 105 Å². The molecule has 1 aliphatic rings. The van der Waals surface area contributed by atoms with E-state index >= 15 is 0 Å². The summed E-state index contributed by atoms with van der Waals surface area (Å²) in [4.78, 5) is 29.1. The number of benzene rings is 1. The van der Waals surface area contributed by atoms with Crippen molar-refractivity contribution in [2.45, 2.75) is 25.2 Å². The van der Waals surface area contributed by atoms with E-state index in [9.17, 15) is 22.8 Å². The SMILES string of the molecule is O=C(N[C@@H]1CCOC[C@@H]1C(=O)NO)c1ccc(Cn2c(C(F)(F)F)nc3ccccc32)s1. The van der Waals surface area contributed by atoms with Gasteiger partial charge in [-0.2, -0.15) is 13.2 Å². The number of hydroxylamine groups is 1. The lowest BCUT2D eigenvalue weighted by molar-refractivity contribution is -0.146. The predicted octanol–water partition coefficient (Wildman–Crippen LogP) is 2.81. The minimum absolute atomic E-state index is 0.0565. The number of ether oxygens (including phenoxy) is 1. The van der Waals surface area contributed by atoms with E-state index in [2.05, 4.69) is 10.3 Å². The van der Waals surface area contributed by atoms with Crippen LogP contribution in [0.4, 0.5) is 13.2 Å². The molecule has 2 aromatic heterocycles. The molecule has 3 aromatic rings. The maximum Gasteiger partial charge on any atom is 0.449 e. The third-order valence-electron chi connectivity index (χ3n) is 5.23. The molecule has 0 unspecified atom stereocenters. The number of carbonyl (C=O) groups is 2. The molecule has 0 bridgehead atoms. The molecule has 1 aliphatic heterocycles. The number of fused-ring (bicyclic) bond motifs is 1. The summed E-state index contributed by atoms with van der Waals surface area (Å²) in [6, 6.07) is 8.92. The molecule has 12 heteroatoms. The highest BCUT2D eigenvalue weighted by Crippen LogP contribution is 2.32. The lowest BCUT2D eigenvalue weighted by atomic mass is 9.95. The zero-order valence-electron chi connectivity index (χ0n) is 16.6. The van der Waals surface area contributed by atoms with Gasteiger partial charge in [0.15, 0.2) is 0 Å². The standard InChI is InChI=1S/C20H19F3N4O4S/c21-20(22,23)19-25-14-3-1-2-4-15(14)27(19)9-11-5-6-16(32-11)18(29)24-13-7-8-31-10-12(13)17(28)26-30/h1-6,12-13,30H,7-10H2,(H,24,29)(H,26,28)/t12-,13+/m0/s1. The second-order valence-electron chi connectivity index (χ2n) is 7.30. The number of rotatable bonds is 5. The van der Waals surface area contributed by atoms with Crippen molar-refractivity contribution in [2.75, 3.05) is 13.2 Å². The molecule has 1 aromatic carbocycles. The molecule has 0 radical (unpaired) electrons. The van der Waals surface area contributed by atoms with Gasteiger partial charge in [-0.1, -0.05) is 12.1 Å². The van der Waals surface area contributed by atoms with E-state index in [1.165, 1.54) is 12.1 Å². The Kier molecular flexibility index (Phi) is 6.17. The van der Waals surface area contributed by atoms with Crippen LogP contribution >= 0.6 is 11.3 Å². The number of nitrogens with one attached hydrogen (secondary N) is 2. The number of carbonyl (C=O) groups excluding carboxylic acids is 2. The summed E-state index contributed by atoms with van der Waals surface area (Å²) in [5.74, 6) is -2.86. The van der Waals surface area contributed by atoms with Crippen molar-refractivity contribution in [3.05, 3.63) is 52.0 Å². The summed E-state index contributed by atoms with van der Waals surface area (Å²) >= 11 is 1.06. The Balaban J connectivity index is 1.54. The van der Waals surface area contributed by atoms with Crippen LogP contribution in [0.2, 0.25) is 0 Å². The number of para-hydroxylation sites is 2. The lowest BCUT2D eigenvalue weighted by Crippen LogP contribution is -2.51. The third kappa shape index (κ3) is 4.47. The number of imidazole rings is 1. The molecule has 170 valence electrons. The molecule has 32 heavy (non-hydrogen) atoms. The molecule has 8 nitrogen and oxygen atoms in total. The predicted molar refractivity (Wildman–Crippen MR) is 108 cm³/mol. The first-order chi connectivity index (χ1) is 15.3. The monoisotopic (exact) mass is 468 g/mol. The first-order valence-electron chi connectivity index (χ1n) is 9.71. The van der Waals surface area contributed by atoms with Gasteiger partial charge in [0.25, 0.3) is 11.8 Å². The average Bonchev–Trinajstić information content (AvgIpc) is 3.39. The molecular formula is C20H19F3N4O4S. The molecule has 2 amide bonds. The number of thiophene rings is 1. The van der Waals surface area contributed by atoms with Gasteiger partial charge in [0.05, 0.1) is 35.0 Å². The van der Waals surface area contributed by atoms with Crippen LogP contribution in [-0.4, -0.2) is 45.8 Å². The molecule has 3 heterocycles. The number of hydrogen-bond acceptors (Lipinski definition) is 6. The molecule has 1 fully saturated rings. The maximum absolute atomic E-state index is 13.5. The highest BCUT2D eigenvalue weighted by Gasteiger charge is 2.38. The van der Waals surface area contributed by atoms with Crippen molar-refractivity contribution in [2.24, 2.45) is 5.92 Å². The first-order valence-corrected chi connectivity index (χ1v) is 10.5. The second kappa shape index (κ2) is 8.88. The van der Waals surface area contributed by atoms with Crippen LogP contribution in [0.1, 0.15) is 26.8 Å². The summed E-state index contributed by atoms with van der Waals surface area (Å²) in [6.45, 7) is 0.310. The molecule has 4 rings (SSSR count). The van der Waals surface area contributed by atoms with Crippen molar-refractivity contribution in [3.63, 3.8) is 0 Å². The fraction of sp³-hybridized carbons (Fsp3) is 0.350. The number of nitrogens with zero attached hydrogens (tertiary/aromatic N) is 2. The third-order valence-corrected chi connectivity index (χ3v) is 6.30. The normalized spacial score (nSPS) is 19.1. The minimum atomic E-state index is -4.62. The number of amides is 2. The van der Waals surface area contributed by atoms with Crippen LogP contribution in [0.15, 0.2) is 36.4 Å². The largest absolute Gasteiger partial charge is 0.449 e. The molecular weight excluding hydrogens is 449 g/mol. The summed E-state index contributed by atoms with van der Waals surface area (Å²) in [7, 11) is 0. The quantitative estimate of drug-likeness (QED) is 0.395. The zero-order valence-corrected chi connectivity index (χ0v) is 17.4. The van der Waals surface area contributed by atoms with Crippen LogP contribution < -0.4 is 10.8 Å². The van der Waals surface area contributed by atoms with Crippen molar-refractivity contribution < 1.29 is 32.7 Å². The molecule has 2 atom stereocenters. The number of alkyl halides is 3. The Bertz CT molecular complexity index is 1140. The molecule has 0 spiro atoms. The highest BCUT2D eigenvalue weighted by atomic mass is 32.1. The van der Waals surface area contributed by atoms with Gasteiger partial charge in [-0.3, -0.25) is 14.8 Å². The second-order valence-corrected chi connectivity index (χ2v) is 8.47. The van der Waals surface area contributed by atoms with Crippen molar-refractivity contribution in [1.82, 2.24) is 20.3 Å². The Morgan fingerprint density at radius 1 is 1.25 bits per heavy atom. The van der Waals surface area contributed by atoms with Crippen LogP contribution in [0.25, 0.3) is 11.0 Å². The molecule has 3 N–H and O–H groups in total. The van der Waals surface area contributed by atoms with E-state index in [4.69, 9.17) is 9.94 Å². The van der Waals surface area contributed by atoms with Crippen molar-refractivity contribution in [3.8, 4) is 0 Å². The fourth-order valence-corrected chi connectivity index (χ4v) is 4.58. The van der Waals surface area contributed by atoms with Gasteiger partial charge in [-0.05, 0) is 30.7 Å². The smallest absolute Gasteiger partial charge is 0.380 e. The minimum Gasteiger partial charge on any atom is -0.380 e. The lowest BCUT2D eigenvalue weighted by Gasteiger charge is -2.30. The number of aromatic nitrogens is 2. The maximum atomic E-state index is 13.5. The molecule has 0 saturated carbocycles. The van der Waals surface area contributed by atoms with Gasteiger partial charge in [0.2, 0.25) is 5.82 Å². The van der Waals surface area contributed by atoms with Crippen LogP contribution in [-0.2, 0) is 22.3 Å². The Hall–Kier alpha value is -2.96. The van der Waals surface area contributed by atoms with Gasteiger partial charge >= 0.3 is 6.18 Å².